The summed E-state index contributed by atoms with van der Waals surface area (Å²) in [5.41, 5.74) is 9.21. The van der Waals surface area contributed by atoms with E-state index in [4.69, 9.17) is 11.1 Å². The van der Waals surface area contributed by atoms with Gasteiger partial charge >= 0.3 is 0 Å². The summed E-state index contributed by atoms with van der Waals surface area (Å²) in [6.07, 6.45) is 1.10. The van der Waals surface area contributed by atoms with Crippen molar-refractivity contribution in [3.05, 3.63) is 46.2 Å². The van der Waals surface area contributed by atoms with E-state index in [9.17, 15) is 0 Å². The topological polar surface area (TPSA) is 53.1 Å². The molecule has 3 nitrogen and oxygen atoms in total. The fourth-order valence-corrected chi connectivity index (χ4v) is 4.32. The number of rotatable bonds is 5. The van der Waals surface area contributed by atoms with Gasteiger partial charge in [-0.2, -0.15) is 0 Å². The van der Waals surface area contributed by atoms with Gasteiger partial charge in [0.2, 0.25) is 0 Å². The molecule has 3 rings (SSSR count). The van der Waals surface area contributed by atoms with Crippen LogP contribution in [0, 0.1) is 5.41 Å². The molecule has 5 heteroatoms. The molecule has 1 aromatic carbocycles. The van der Waals surface area contributed by atoms with Crippen LogP contribution in [0.25, 0.3) is 11.1 Å². The maximum absolute atomic E-state index is 7.63. The van der Waals surface area contributed by atoms with E-state index in [1.807, 2.05) is 23.2 Å². The van der Waals surface area contributed by atoms with Gasteiger partial charge in [0.15, 0.2) is 0 Å². The summed E-state index contributed by atoms with van der Waals surface area (Å²) in [5.74, 6) is 2.59. The molecule has 2 aromatic rings. The molecule has 110 valence electrons. The Labute approximate surface area is 133 Å². The first kappa shape index (κ1) is 14.6. The highest BCUT2D eigenvalue weighted by molar-refractivity contribution is 7.99. The Morgan fingerprint density at radius 1 is 1.24 bits per heavy atom. The predicted molar refractivity (Wildman–Crippen MR) is 93.4 cm³/mol. The van der Waals surface area contributed by atoms with Crippen LogP contribution in [0.2, 0.25) is 0 Å². The quantitative estimate of drug-likeness (QED) is 0.657. The number of hydrogen-bond donors (Lipinski definition) is 2. The first-order valence-corrected chi connectivity index (χ1v) is 9.09. The first-order valence-electron chi connectivity index (χ1n) is 7.05. The van der Waals surface area contributed by atoms with E-state index in [2.05, 4.69) is 29.2 Å². The van der Waals surface area contributed by atoms with E-state index in [1.165, 1.54) is 35.1 Å². The maximum atomic E-state index is 7.63. The minimum Gasteiger partial charge on any atom is -0.383 e. The van der Waals surface area contributed by atoms with E-state index in [0.717, 1.165) is 29.0 Å². The monoisotopic (exact) mass is 317 g/mol. The van der Waals surface area contributed by atoms with Gasteiger partial charge in [-0.15, -0.1) is 23.1 Å². The van der Waals surface area contributed by atoms with Crippen molar-refractivity contribution in [3.63, 3.8) is 0 Å². The third-order valence-corrected chi connectivity index (χ3v) is 5.68. The zero-order chi connectivity index (χ0) is 14.7. The molecule has 0 aliphatic carbocycles. The Kier molecular flexibility index (Phi) is 4.63. The summed E-state index contributed by atoms with van der Waals surface area (Å²) in [5, 5.41) is 9.62. The van der Waals surface area contributed by atoms with Crippen LogP contribution in [-0.4, -0.2) is 35.5 Å². The van der Waals surface area contributed by atoms with Gasteiger partial charge in [-0.3, -0.25) is 10.3 Å². The number of amidine groups is 1. The van der Waals surface area contributed by atoms with Crippen molar-refractivity contribution in [1.29, 1.82) is 5.41 Å². The molecular formula is C16H19N3S2. The molecule has 0 bridgehead atoms. The zero-order valence-electron chi connectivity index (χ0n) is 11.8. The van der Waals surface area contributed by atoms with Crippen LogP contribution >= 0.6 is 23.1 Å². The summed E-state index contributed by atoms with van der Waals surface area (Å²) >= 11 is 3.54. The zero-order valence-corrected chi connectivity index (χ0v) is 13.5. The molecule has 0 amide bonds. The maximum Gasteiger partial charge on any atom is 0.133 e. The summed E-state index contributed by atoms with van der Waals surface area (Å²) < 4.78 is 0. The minimum absolute atomic E-state index is 0.149. The van der Waals surface area contributed by atoms with Gasteiger partial charge in [0, 0.05) is 30.3 Å². The standard InChI is InChI=1S/C16H19N3S2/c17-16(18)15-14(6-9-21-15)13-3-1-12(2-4-13)5-7-19-8-10-20-11-19/h1-4,6,9H,5,7-8,10-11H2,(H3,17,18). The molecule has 0 atom stereocenters. The molecule has 21 heavy (non-hydrogen) atoms. The van der Waals surface area contributed by atoms with Gasteiger partial charge in [-0.25, -0.2) is 0 Å². The Hall–Kier alpha value is -1.30. The number of nitrogens with two attached hydrogens (primary N) is 1. The number of benzene rings is 1. The van der Waals surface area contributed by atoms with Crippen molar-refractivity contribution in [2.75, 3.05) is 24.7 Å². The fraction of sp³-hybridized carbons (Fsp3) is 0.312. The summed E-state index contributed by atoms with van der Waals surface area (Å²) in [6, 6.07) is 10.7. The lowest BCUT2D eigenvalue weighted by atomic mass is 10.0. The van der Waals surface area contributed by atoms with E-state index < -0.39 is 0 Å². The molecule has 1 fully saturated rings. The number of thioether (sulfide) groups is 1. The first-order chi connectivity index (χ1) is 10.2. The Morgan fingerprint density at radius 2 is 2.05 bits per heavy atom. The lowest BCUT2D eigenvalue weighted by molar-refractivity contribution is 0.361. The second kappa shape index (κ2) is 6.64. The molecule has 0 saturated carbocycles. The number of thiophene rings is 1. The summed E-state index contributed by atoms with van der Waals surface area (Å²) in [4.78, 5) is 3.36. The Balaban J connectivity index is 1.68. The smallest absolute Gasteiger partial charge is 0.133 e. The lowest BCUT2D eigenvalue weighted by Crippen LogP contribution is -2.22. The molecule has 0 unspecified atom stereocenters. The van der Waals surface area contributed by atoms with Gasteiger partial charge in [0.1, 0.15) is 5.84 Å². The van der Waals surface area contributed by atoms with Gasteiger partial charge < -0.3 is 5.73 Å². The highest BCUT2D eigenvalue weighted by atomic mass is 32.2. The third-order valence-electron chi connectivity index (χ3n) is 3.72. The van der Waals surface area contributed by atoms with E-state index in [1.54, 1.807) is 0 Å². The van der Waals surface area contributed by atoms with Gasteiger partial charge in [0.05, 0.1) is 4.88 Å². The van der Waals surface area contributed by atoms with Gasteiger partial charge in [-0.05, 0) is 29.0 Å². The second-order valence-electron chi connectivity index (χ2n) is 5.18. The highest BCUT2D eigenvalue weighted by Gasteiger charge is 2.12. The minimum atomic E-state index is 0.149. The van der Waals surface area contributed by atoms with Crippen LogP contribution in [0.3, 0.4) is 0 Å². The number of hydrogen-bond acceptors (Lipinski definition) is 4. The van der Waals surface area contributed by atoms with Crippen molar-refractivity contribution in [2.24, 2.45) is 5.73 Å². The fourth-order valence-electron chi connectivity index (χ4n) is 2.51. The molecule has 0 radical (unpaired) electrons. The molecule has 3 N–H and O–H groups in total. The van der Waals surface area contributed by atoms with Gasteiger partial charge in [0.25, 0.3) is 0 Å². The average Bonchev–Trinajstić information content (AvgIpc) is 3.17. The summed E-state index contributed by atoms with van der Waals surface area (Å²) in [6.45, 7) is 2.36. The molecule has 1 aliphatic rings. The lowest BCUT2D eigenvalue weighted by Gasteiger charge is -2.13. The van der Waals surface area contributed by atoms with Crippen molar-refractivity contribution in [2.45, 2.75) is 6.42 Å². The van der Waals surface area contributed by atoms with Crippen LogP contribution in [0.1, 0.15) is 10.4 Å². The number of nitrogens with zero attached hydrogens (tertiary/aromatic N) is 1. The predicted octanol–water partition coefficient (Wildman–Crippen LogP) is 3.25. The molecule has 1 aliphatic heterocycles. The van der Waals surface area contributed by atoms with Crippen molar-refractivity contribution >= 4 is 28.9 Å². The van der Waals surface area contributed by atoms with Crippen molar-refractivity contribution in [1.82, 2.24) is 4.90 Å². The van der Waals surface area contributed by atoms with Gasteiger partial charge in [-0.1, -0.05) is 24.3 Å². The van der Waals surface area contributed by atoms with E-state index in [-0.39, 0.29) is 5.84 Å². The van der Waals surface area contributed by atoms with Crippen LogP contribution in [0.5, 0.6) is 0 Å². The Bertz CT molecular complexity index is 613. The Morgan fingerprint density at radius 3 is 2.71 bits per heavy atom. The molecule has 1 saturated heterocycles. The van der Waals surface area contributed by atoms with E-state index in [0.29, 0.717) is 0 Å². The van der Waals surface area contributed by atoms with Crippen LogP contribution in [0.4, 0.5) is 0 Å². The number of nitrogens with one attached hydrogen (secondary N) is 1. The highest BCUT2D eigenvalue weighted by Crippen LogP contribution is 2.28. The molecule has 1 aromatic heterocycles. The number of nitrogen functional groups attached to an aromatic ring is 1. The average molecular weight is 317 g/mol. The molecular weight excluding hydrogens is 298 g/mol. The second-order valence-corrected chi connectivity index (χ2v) is 7.17. The molecule has 2 heterocycles. The van der Waals surface area contributed by atoms with Crippen LogP contribution < -0.4 is 5.73 Å². The van der Waals surface area contributed by atoms with E-state index >= 15 is 0 Å². The largest absolute Gasteiger partial charge is 0.383 e. The SMILES string of the molecule is N=C(N)c1sccc1-c1ccc(CCN2CCSC2)cc1. The van der Waals surface area contributed by atoms with Crippen molar-refractivity contribution in [3.8, 4) is 11.1 Å². The molecule has 0 spiro atoms. The van der Waals surface area contributed by atoms with Crippen LogP contribution in [-0.2, 0) is 6.42 Å². The third kappa shape index (κ3) is 3.48. The normalized spacial score (nSPS) is 15.4. The van der Waals surface area contributed by atoms with Crippen molar-refractivity contribution < 1.29 is 0 Å². The summed E-state index contributed by atoms with van der Waals surface area (Å²) in [7, 11) is 0. The van der Waals surface area contributed by atoms with Crippen LogP contribution in [0.15, 0.2) is 35.7 Å².